The lowest BCUT2D eigenvalue weighted by molar-refractivity contribution is -0.384. The fourth-order valence-electron chi connectivity index (χ4n) is 4.27. The Bertz CT molecular complexity index is 929. The van der Waals surface area contributed by atoms with Gasteiger partial charge >= 0.3 is 0 Å². The molecule has 0 unspecified atom stereocenters. The molecule has 1 aliphatic carbocycles. The van der Waals surface area contributed by atoms with Crippen LogP contribution in [0.15, 0.2) is 48.6 Å². The van der Waals surface area contributed by atoms with Gasteiger partial charge in [-0.3, -0.25) is 10.1 Å². The molecule has 0 aromatic heterocycles. The Morgan fingerprint density at radius 1 is 1.19 bits per heavy atom. The van der Waals surface area contributed by atoms with Crippen molar-refractivity contribution in [3.05, 3.63) is 80.4 Å². The third-order valence-corrected chi connectivity index (χ3v) is 6.05. The zero-order chi connectivity index (χ0) is 19.3. The quantitative estimate of drug-likeness (QED) is 0.373. The summed E-state index contributed by atoms with van der Waals surface area (Å²) in [6.45, 7) is 6.63. The number of benzene rings is 2. The number of anilines is 1. The molecule has 5 heteroatoms. The Hall–Kier alpha value is -2.33. The Balaban J connectivity index is 1.75. The Morgan fingerprint density at radius 2 is 1.89 bits per heavy atom. The van der Waals surface area contributed by atoms with Crippen LogP contribution in [-0.4, -0.2) is 4.92 Å². The molecular weight excluding hydrogens is 360 g/mol. The first-order chi connectivity index (χ1) is 12.8. The molecule has 2 aliphatic rings. The van der Waals surface area contributed by atoms with Crippen LogP contribution in [-0.2, 0) is 5.41 Å². The number of non-ortho nitro benzene ring substituents is 1. The summed E-state index contributed by atoms with van der Waals surface area (Å²) >= 11 is 6.43. The second-order valence-corrected chi connectivity index (χ2v) is 8.90. The number of fused-ring (bicyclic) bond motifs is 3. The number of rotatable bonds is 2. The van der Waals surface area contributed by atoms with Gasteiger partial charge in [0.25, 0.3) is 5.69 Å². The minimum Gasteiger partial charge on any atom is -0.376 e. The molecule has 27 heavy (non-hydrogen) atoms. The van der Waals surface area contributed by atoms with Crippen LogP contribution in [0.4, 0.5) is 11.4 Å². The minimum absolute atomic E-state index is 0.0487. The Labute approximate surface area is 164 Å². The van der Waals surface area contributed by atoms with E-state index >= 15 is 0 Å². The number of allylic oxidation sites excluding steroid dienone is 2. The average molecular weight is 383 g/mol. The van der Waals surface area contributed by atoms with Gasteiger partial charge in [0.05, 0.1) is 21.7 Å². The lowest BCUT2D eigenvalue weighted by Gasteiger charge is -2.38. The highest BCUT2D eigenvalue weighted by molar-refractivity contribution is 6.33. The first-order valence-corrected chi connectivity index (χ1v) is 9.65. The molecule has 0 saturated heterocycles. The van der Waals surface area contributed by atoms with E-state index in [4.69, 9.17) is 11.6 Å². The van der Waals surface area contributed by atoms with Crippen molar-refractivity contribution >= 4 is 23.0 Å². The molecule has 3 atom stereocenters. The van der Waals surface area contributed by atoms with E-state index in [0.29, 0.717) is 10.9 Å². The summed E-state index contributed by atoms with van der Waals surface area (Å²) in [6, 6.07) is 12.0. The smallest absolute Gasteiger partial charge is 0.271 e. The molecule has 1 aliphatic heterocycles. The van der Waals surface area contributed by atoms with E-state index in [-0.39, 0.29) is 28.0 Å². The molecule has 4 rings (SSSR count). The van der Waals surface area contributed by atoms with Crippen LogP contribution < -0.4 is 5.32 Å². The molecule has 1 N–H and O–H groups in total. The summed E-state index contributed by atoms with van der Waals surface area (Å²) in [5.41, 5.74) is 4.44. The molecule has 2 aromatic rings. The third-order valence-electron chi connectivity index (χ3n) is 5.75. The number of halogens is 1. The number of nitro benzene ring substituents is 1. The van der Waals surface area contributed by atoms with E-state index in [0.717, 1.165) is 17.7 Å². The summed E-state index contributed by atoms with van der Waals surface area (Å²) < 4.78 is 0. The number of nitrogens with one attached hydrogen (secondary N) is 1. The van der Waals surface area contributed by atoms with Crippen LogP contribution in [0.5, 0.6) is 0 Å². The molecule has 0 bridgehead atoms. The van der Waals surface area contributed by atoms with Crippen LogP contribution in [0.1, 0.15) is 55.8 Å². The van der Waals surface area contributed by atoms with Gasteiger partial charge in [0, 0.05) is 18.1 Å². The third kappa shape index (κ3) is 3.12. The van der Waals surface area contributed by atoms with Gasteiger partial charge in [-0.2, -0.15) is 0 Å². The van der Waals surface area contributed by atoms with Crippen molar-refractivity contribution in [2.45, 2.75) is 44.6 Å². The summed E-state index contributed by atoms with van der Waals surface area (Å²) in [7, 11) is 0. The van der Waals surface area contributed by atoms with Gasteiger partial charge in [-0.25, -0.2) is 0 Å². The van der Waals surface area contributed by atoms with Crippen molar-refractivity contribution in [3.8, 4) is 0 Å². The molecule has 0 radical (unpaired) electrons. The van der Waals surface area contributed by atoms with E-state index < -0.39 is 0 Å². The molecule has 4 nitrogen and oxygen atoms in total. The number of hydrogen-bond donors (Lipinski definition) is 1. The molecule has 0 spiro atoms. The largest absolute Gasteiger partial charge is 0.376 e. The van der Waals surface area contributed by atoms with Gasteiger partial charge in [-0.1, -0.05) is 68.8 Å². The van der Waals surface area contributed by atoms with Gasteiger partial charge in [-0.05, 0) is 34.4 Å². The zero-order valence-electron chi connectivity index (χ0n) is 15.7. The summed E-state index contributed by atoms with van der Waals surface area (Å²) in [5, 5.41) is 15.2. The topological polar surface area (TPSA) is 55.2 Å². The monoisotopic (exact) mass is 382 g/mol. The lowest BCUT2D eigenvalue weighted by atomic mass is 9.76. The van der Waals surface area contributed by atoms with Gasteiger partial charge in [-0.15, -0.1) is 0 Å². The average Bonchev–Trinajstić information content (AvgIpc) is 3.10. The Kier molecular flexibility index (Phi) is 4.26. The van der Waals surface area contributed by atoms with E-state index in [9.17, 15) is 10.1 Å². The highest BCUT2D eigenvalue weighted by atomic mass is 35.5. The number of hydrogen-bond acceptors (Lipinski definition) is 3. The molecule has 0 saturated carbocycles. The highest BCUT2D eigenvalue weighted by Gasteiger charge is 2.39. The van der Waals surface area contributed by atoms with Gasteiger partial charge in [0.2, 0.25) is 0 Å². The summed E-state index contributed by atoms with van der Waals surface area (Å²) in [6.07, 6.45) is 5.29. The summed E-state index contributed by atoms with van der Waals surface area (Å²) in [4.78, 5) is 10.9. The molecule has 2 aromatic carbocycles. The van der Waals surface area contributed by atoms with Crippen LogP contribution in [0, 0.1) is 16.0 Å². The van der Waals surface area contributed by atoms with Crippen LogP contribution in [0.25, 0.3) is 0 Å². The van der Waals surface area contributed by atoms with Crippen molar-refractivity contribution in [1.29, 1.82) is 0 Å². The Morgan fingerprint density at radius 3 is 2.52 bits per heavy atom. The summed E-state index contributed by atoms with van der Waals surface area (Å²) in [5.74, 6) is 0.474. The van der Waals surface area contributed by atoms with E-state index in [2.05, 4.69) is 62.5 Å². The number of nitro groups is 1. The fraction of sp³-hybridized carbons (Fsp3) is 0.364. The van der Waals surface area contributed by atoms with Gasteiger partial charge in [0.15, 0.2) is 0 Å². The minimum atomic E-state index is -0.378. The highest BCUT2D eigenvalue weighted by Crippen LogP contribution is 2.52. The van der Waals surface area contributed by atoms with E-state index in [1.54, 1.807) is 6.07 Å². The predicted molar refractivity (Wildman–Crippen MR) is 110 cm³/mol. The van der Waals surface area contributed by atoms with E-state index in [1.165, 1.54) is 17.2 Å². The van der Waals surface area contributed by atoms with Crippen molar-refractivity contribution < 1.29 is 4.92 Å². The molecule has 140 valence electrons. The van der Waals surface area contributed by atoms with E-state index in [1.807, 2.05) is 0 Å². The fourth-order valence-corrected chi connectivity index (χ4v) is 4.54. The second-order valence-electron chi connectivity index (χ2n) is 8.50. The normalized spacial score (nSPS) is 23.5. The van der Waals surface area contributed by atoms with Crippen molar-refractivity contribution in [3.63, 3.8) is 0 Å². The first kappa shape index (κ1) is 18.1. The van der Waals surface area contributed by atoms with Gasteiger partial charge in [0.1, 0.15) is 0 Å². The van der Waals surface area contributed by atoms with Crippen molar-refractivity contribution in [2.75, 3.05) is 5.32 Å². The van der Waals surface area contributed by atoms with Crippen LogP contribution in [0.2, 0.25) is 5.02 Å². The standard InChI is InChI=1S/C22H23ClN2O2/c1-22(2,3)14-9-7-13(8-10-14)20-17-6-4-5-16(17)18-11-15(25(26)27)12-19(23)21(18)24-20/h4-5,7-12,16-17,20,24H,6H2,1-3H3/t16-,17+,20+/m1/s1. The van der Waals surface area contributed by atoms with Crippen molar-refractivity contribution in [2.24, 2.45) is 5.92 Å². The molecule has 1 heterocycles. The van der Waals surface area contributed by atoms with Crippen LogP contribution in [0.3, 0.4) is 0 Å². The predicted octanol–water partition coefficient (Wildman–Crippen LogP) is 6.37. The second kappa shape index (κ2) is 6.38. The number of nitrogens with zero attached hydrogens (tertiary/aromatic N) is 1. The zero-order valence-corrected chi connectivity index (χ0v) is 16.5. The van der Waals surface area contributed by atoms with Gasteiger partial charge < -0.3 is 5.32 Å². The maximum absolute atomic E-state index is 11.2. The lowest BCUT2D eigenvalue weighted by Crippen LogP contribution is -2.29. The van der Waals surface area contributed by atoms with Crippen molar-refractivity contribution in [1.82, 2.24) is 0 Å². The maximum atomic E-state index is 11.2. The first-order valence-electron chi connectivity index (χ1n) is 9.27. The molecule has 0 fully saturated rings. The van der Waals surface area contributed by atoms with Crippen LogP contribution >= 0.6 is 11.6 Å². The SMILES string of the molecule is CC(C)(C)c1ccc([C@@H]2Nc3c(Cl)cc([N+](=O)[O-])cc3[C@@H]3C=CC[C@@H]32)cc1. The molecule has 0 amide bonds. The molecular formula is C22H23ClN2O2. The maximum Gasteiger partial charge on any atom is 0.271 e.